The Bertz CT molecular complexity index is 768. The normalized spacial score (nSPS) is 21.5. The van der Waals surface area contributed by atoms with Gasteiger partial charge in [0.1, 0.15) is 11.3 Å². The van der Waals surface area contributed by atoms with E-state index in [1.54, 1.807) is 11.9 Å². The number of hydrogen-bond acceptors (Lipinski definition) is 7. The van der Waals surface area contributed by atoms with Gasteiger partial charge in [0.05, 0.1) is 12.1 Å². The number of amides is 1. The minimum atomic E-state index is -0.767. The molecule has 1 aliphatic rings. The lowest BCUT2D eigenvalue weighted by Crippen LogP contribution is -2.54. The molecule has 2 atom stereocenters. The summed E-state index contributed by atoms with van der Waals surface area (Å²) in [5, 5.41) is 10.5. The molecular formula is C21H38N6O4. The van der Waals surface area contributed by atoms with Gasteiger partial charge in [0.2, 0.25) is 5.89 Å². The number of carbonyl (C=O) groups excluding carboxylic acids is 1. The first kappa shape index (κ1) is 24.9. The molecule has 1 aromatic rings. The van der Waals surface area contributed by atoms with Gasteiger partial charge in [-0.3, -0.25) is 9.89 Å². The molecule has 10 heteroatoms. The Kier molecular flexibility index (Phi) is 7.91. The molecule has 10 nitrogen and oxygen atoms in total. The number of nitrogens with one attached hydrogen (secondary N) is 2. The standard InChI is InChI=1S/C21H38N6O4/c1-13(2)17-25-16(31-26-17)10-11-23-18(22-9)24-12-15-14(3)29-21(7,8)27(15)19(28)30-20(4,5)6/h13-15H,10-12H2,1-9H3,(H2,22,23,24). The third kappa shape index (κ3) is 6.81. The summed E-state index contributed by atoms with van der Waals surface area (Å²) in [6.07, 6.45) is 0.0235. The summed E-state index contributed by atoms with van der Waals surface area (Å²) >= 11 is 0. The van der Waals surface area contributed by atoms with Crippen molar-refractivity contribution in [1.82, 2.24) is 25.7 Å². The molecule has 1 saturated heterocycles. The predicted molar refractivity (Wildman–Crippen MR) is 118 cm³/mol. The first-order valence-electron chi connectivity index (χ1n) is 10.8. The number of nitrogens with zero attached hydrogens (tertiary/aromatic N) is 4. The third-order valence-corrected chi connectivity index (χ3v) is 4.85. The second-order valence-electron chi connectivity index (χ2n) is 9.52. The Balaban J connectivity index is 1.93. The van der Waals surface area contributed by atoms with Crippen molar-refractivity contribution < 1.29 is 18.8 Å². The van der Waals surface area contributed by atoms with Crippen molar-refractivity contribution in [3.05, 3.63) is 11.7 Å². The highest BCUT2D eigenvalue weighted by Gasteiger charge is 2.49. The topological polar surface area (TPSA) is 114 Å². The summed E-state index contributed by atoms with van der Waals surface area (Å²) in [4.78, 5) is 23.1. The Morgan fingerprint density at radius 3 is 2.55 bits per heavy atom. The van der Waals surface area contributed by atoms with Crippen LogP contribution in [0.2, 0.25) is 0 Å². The molecule has 0 aliphatic carbocycles. The van der Waals surface area contributed by atoms with Gasteiger partial charge in [-0.15, -0.1) is 0 Å². The van der Waals surface area contributed by atoms with Crippen LogP contribution in [0.1, 0.15) is 73.0 Å². The van der Waals surface area contributed by atoms with Crippen LogP contribution >= 0.6 is 0 Å². The Morgan fingerprint density at radius 1 is 1.32 bits per heavy atom. The highest BCUT2D eigenvalue weighted by molar-refractivity contribution is 5.79. The smallest absolute Gasteiger partial charge is 0.412 e. The van der Waals surface area contributed by atoms with Crippen LogP contribution in [0.5, 0.6) is 0 Å². The fourth-order valence-electron chi connectivity index (χ4n) is 3.44. The quantitative estimate of drug-likeness (QED) is 0.515. The molecule has 1 amide bonds. The van der Waals surface area contributed by atoms with Crippen molar-refractivity contribution in [1.29, 1.82) is 0 Å². The molecule has 1 fully saturated rings. The lowest BCUT2D eigenvalue weighted by molar-refractivity contribution is -0.0755. The Morgan fingerprint density at radius 2 is 2.00 bits per heavy atom. The van der Waals surface area contributed by atoms with Gasteiger partial charge in [0.25, 0.3) is 0 Å². The summed E-state index contributed by atoms with van der Waals surface area (Å²) in [6, 6.07) is -0.215. The lowest BCUT2D eigenvalue weighted by Gasteiger charge is -2.35. The van der Waals surface area contributed by atoms with Crippen LogP contribution < -0.4 is 10.6 Å². The van der Waals surface area contributed by atoms with Crippen LogP contribution in [0.3, 0.4) is 0 Å². The zero-order chi connectivity index (χ0) is 23.4. The molecule has 2 rings (SSSR count). The maximum Gasteiger partial charge on any atom is 0.412 e. The molecule has 31 heavy (non-hydrogen) atoms. The van der Waals surface area contributed by atoms with Gasteiger partial charge in [0, 0.05) is 32.5 Å². The van der Waals surface area contributed by atoms with E-state index >= 15 is 0 Å². The largest absolute Gasteiger partial charge is 0.444 e. The monoisotopic (exact) mass is 438 g/mol. The second-order valence-corrected chi connectivity index (χ2v) is 9.52. The van der Waals surface area contributed by atoms with Gasteiger partial charge >= 0.3 is 6.09 Å². The highest BCUT2D eigenvalue weighted by Crippen LogP contribution is 2.33. The number of aliphatic imine (C=N–C) groups is 1. The van der Waals surface area contributed by atoms with Crippen molar-refractivity contribution in [3.8, 4) is 0 Å². The number of guanidine groups is 1. The van der Waals surface area contributed by atoms with E-state index in [1.165, 1.54) is 0 Å². The number of rotatable bonds is 6. The van der Waals surface area contributed by atoms with Gasteiger partial charge in [-0.1, -0.05) is 19.0 Å². The predicted octanol–water partition coefficient (Wildman–Crippen LogP) is 2.66. The molecule has 0 aromatic carbocycles. The van der Waals surface area contributed by atoms with E-state index < -0.39 is 17.4 Å². The van der Waals surface area contributed by atoms with E-state index in [-0.39, 0.29) is 18.1 Å². The van der Waals surface area contributed by atoms with Gasteiger partial charge in [-0.25, -0.2) is 4.79 Å². The number of hydrogen-bond donors (Lipinski definition) is 2. The van der Waals surface area contributed by atoms with Crippen molar-refractivity contribution in [2.45, 2.75) is 91.2 Å². The van der Waals surface area contributed by atoms with Gasteiger partial charge in [0.15, 0.2) is 11.8 Å². The van der Waals surface area contributed by atoms with E-state index in [2.05, 4.69) is 25.8 Å². The zero-order valence-corrected chi connectivity index (χ0v) is 20.3. The van der Waals surface area contributed by atoms with Crippen LogP contribution in [0.25, 0.3) is 0 Å². The molecule has 0 saturated carbocycles. The van der Waals surface area contributed by atoms with Crippen LogP contribution in [0.15, 0.2) is 9.52 Å². The fourth-order valence-corrected chi connectivity index (χ4v) is 3.44. The maximum absolute atomic E-state index is 12.9. The lowest BCUT2D eigenvalue weighted by atomic mass is 10.1. The number of carbonyl (C=O) groups is 1. The van der Waals surface area contributed by atoms with Gasteiger partial charge in [-0.05, 0) is 41.5 Å². The first-order valence-corrected chi connectivity index (χ1v) is 10.8. The second kappa shape index (κ2) is 9.84. The molecule has 1 aromatic heterocycles. The summed E-state index contributed by atoms with van der Waals surface area (Å²) in [7, 11) is 1.70. The Labute approximate surface area is 185 Å². The zero-order valence-electron chi connectivity index (χ0n) is 20.3. The van der Waals surface area contributed by atoms with E-state index in [0.717, 1.165) is 0 Å². The number of ether oxygens (including phenoxy) is 2. The van der Waals surface area contributed by atoms with Crippen molar-refractivity contribution in [2.75, 3.05) is 20.1 Å². The van der Waals surface area contributed by atoms with Crippen molar-refractivity contribution in [2.24, 2.45) is 4.99 Å². The van der Waals surface area contributed by atoms with Crippen molar-refractivity contribution in [3.63, 3.8) is 0 Å². The van der Waals surface area contributed by atoms with E-state index in [1.807, 2.05) is 55.4 Å². The average molecular weight is 439 g/mol. The Hall–Kier alpha value is -2.36. The minimum Gasteiger partial charge on any atom is -0.444 e. The molecular weight excluding hydrogens is 400 g/mol. The summed E-state index contributed by atoms with van der Waals surface area (Å²) in [5.74, 6) is 2.14. The maximum atomic E-state index is 12.9. The highest BCUT2D eigenvalue weighted by atomic mass is 16.6. The van der Waals surface area contributed by atoms with Gasteiger partial charge < -0.3 is 24.6 Å². The van der Waals surface area contributed by atoms with Crippen LogP contribution in [-0.2, 0) is 15.9 Å². The molecule has 2 unspecified atom stereocenters. The molecule has 0 bridgehead atoms. The van der Waals surface area contributed by atoms with Crippen LogP contribution in [-0.4, -0.2) is 70.7 Å². The molecule has 0 spiro atoms. The first-order chi connectivity index (χ1) is 14.3. The summed E-state index contributed by atoms with van der Waals surface area (Å²) in [5.41, 5.74) is -1.35. The molecule has 0 radical (unpaired) electrons. The molecule has 2 heterocycles. The number of aromatic nitrogens is 2. The minimum absolute atomic E-state index is 0.166. The van der Waals surface area contributed by atoms with Crippen molar-refractivity contribution >= 4 is 12.1 Å². The molecule has 176 valence electrons. The third-order valence-electron chi connectivity index (χ3n) is 4.85. The summed E-state index contributed by atoms with van der Waals surface area (Å²) < 4.78 is 16.9. The summed E-state index contributed by atoms with van der Waals surface area (Å²) in [6.45, 7) is 16.3. The molecule has 2 N–H and O–H groups in total. The van der Waals surface area contributed by atoms with Crippen LogP contribution in [0, 0.1) is 0 Å². The van der Waals surface area contributed by atoms with Gasteiger partial charge in [-0.2, -0.15) is 4.98 Å². The van der Waals surface area contributed by atoms with E-state index in [0.29, 0.717) is 37.2 Å². The van der Waals surface area contributed by atoms with E-state index in [9.17, 15) is 4.79 Å². The fraction of sp³-hybridized carbons (Fsp3) is 0.810. The van der Waals surface area contributed by atoms with E-state index in [4.69, 9.17) is 14.0 Å². The average Bonchev–Trinajstić information content (AvgIpc) is 3.18. The SMILES string of the molecule is CN=C(NCCc1nc(C(C)C)no1)NCC1C(C)OC(C)(C)N1C(=O)OC(C)(C)C. The van der Waals surface area contributed by atoms with Crippen LogP contribution in [0.4, 0.5) is 4.79 Å². The molecule has 1 aliphatic heterocycles.